The van der Waals surface area contributed by atoms with Gasteiger partial charge in [0.15, 0.2) is 0 Å². The molecule has 130 valence electrons. The van der Waals surface area contributed by atoms with Gasteiger partial charge in [0, 0.05) is 17.5 Å². The highest BCUT2D eigenvalue weighted by atomic mass is 16.6. The third kappa shape index (κ3) is 3.79. The van der Waals surface area contributed by atoms with Crippen molar-refractivity contribution in [1.82, 2.24) is 4.98 Å². The zero-order valence-electron chi connectivity index (χ0n) is 13.6. The van der Waals surface area contributed by atoms with E-state index in [1.807, 2.05) is 0 Å². The fourth-order valence-electron chi connectivity index (χ4n) is 2.83. The molecule has 0 unspecified atom stereocenters. The first-order valence-corrected chi connectivity index (χ1v) is 7.38. The van der Waals surface area contributed by atoms with Crippen LogP contribution in [-0.2, 0) is 22.4 Å². The number of para-hydroxylation sites is 1. The number of nitro groups is 1. The van der Waals surface area contributed by atoms with Crippen molar-refractivity contribution in [3.8, 4) is 11.1 Å². The van der Waals surface area contributed by atoms with E-state index in [2.05, 4.69) is 4.98 Å². The predicted octanol–water partition coefficient (Wildman–Crippen LogP) is 2.53. The van der Waals surface area contributed by atoms with Crippen LogP contribution in [0.3, 0.4) is 0 Å². The van der Waals surface area contributed by atoms with Crippen molar-refractivity contribution in [2.45, 2.75) is 26.7 Å². The molecule has 2 aromatic rings. The van der Waals surface area contributed by atoms with Gasteiger partial charge in [0.25, 0.3) is 5.69 Å². The van der Waals surface area contributed by atoms with Gasteiger partial charge in [-0.3, -0.25) is 24.7 Å². The van der Waals surface area contributed by atoms with Crippen molar-refractivity contribution in [1.29, 1.82) is 0 Å². The molecule has 8 nitrogen and oxygen atoms in total. The first kappa shape index (κ1) is 18.1. The molecule has 0 aliphatic rings. The molecule has 0 spiro atoms. The van der Waals surface area contributed by atoms with Crippen LogP contribution in [0.25, 0.3) is 11.1 Å². The van der Waals surface area contributed by atoms with Gasteiger partial charge in [-0.1, -0.05) is 12.1 Å². The lowest BCUT2D eigenvalue weighted by molar-refractivity contribution is -0.384. The van der Waals surface area contributed by atoms with E-state index >= 15 is 0 Å². The zero-order valence-corrected chi connectivity index (χ0v) is 13.6. The molecule has 1 heterocycles. The summed E-state index contributed by atoms with van der Waals surface area (Å²) < 4.78 is 0. The van der Waals surface area contributed by atoms with Gasteiger partial charge in [-0.25, -0.2) is 0 Å². The minimum Gasteiger partial charge on any atom is -0.481 e. The number of carbonyl (C=O) groups is 2. The SMILES string of the molecule is Cc1nc(C)c(CC(=O)O)c(-c2ccccc2[N+](=O)[O-])c1CC(=O)O. The quantitative estimate of drug-likeness (QED) is 0.608. The standard InChI is InChI=1S/C17H16N2O6/c1-9-12(7-15(20)21)17(13(8-16(22)23)10(2)18-9)11-5-3-4-6-14(11)19(24)25/h3-6H,7-8H2,1-2H3,(H,20,21)(H,22,23). The Kier molecular flexibility index (Phi) is 5.11. The number of carboxylic acids is 2. The van der Waals surface area contributed by atoms with Gasteiger partial charge >= 0.3 is 11.9 Å². The summed E-state index contributed by atoms with van der Waals surface area (Å²) in [5.41, 5.74) is 1.61. The number of benzene rings is 1. The van der Waals surface area contributed by atoms with Crippen LogP contribution >= 0.6 is 0 Å². The number of hydrogen-bond acceptors (Lipinski definition) is 5. The Bertz CT molecular complexity index is 835. The fourth-order valence-corrected chi connectivity index (χ4v) is 2.83. The molecule has 0 aliphatic heterocycles. The minimum absolute atomic E-state index is 0.189. The summed E-state index contributed by atoms with van der Waals surface area (Å²) in [4.78, 5) is 37.6. The highest BCUT2D eigenvalue weighted by molar-refractivity contribution is 5.86. The third-order valence-electron chi connectivity index (χ3n) is 3.84. The van der Waals surface area contributed by atoms with Crippen LogP contribution in [0.5, 0.6) is 0 Å². The van der Waals surface area contributed by atoms with Crippen LogP contribution in [-0.4, -0.2) is 32.1 Å². The number of nitrogens with zero attached hydrogens (tertiary/aromatic N) is 2. The Hall–Kier alpha value is -3.29. The van der Waals surface area contributed by atoms with Crippen molar-refractivity contribution in [2.24, 2.45) is 0 Å². The van der Waals surface area contributed by atoms with Gasteiger partial charge in [0.2, 0.25) is 0 Å². The van der Waals surface area contributed by atoms with Crippen LogP contribution in [0.4, 0.5) is 5.69 Å². The Morgan fingerprint density at radius 3 is 1.96 bits per heavy atom. The highest BCUT2D eigenvalue weighted by Crippen LogP contribution is 2.37. The Morgan fingerprint density at radius 1 is 1.04 bits per heavy atom. The van der Waals surface area contributed by atoms with Gasteiger partial charge in [-0.2, -0.15) is 0 Å². The summed E-state index contributed by atoms with van der Waals surface area (Å²) >= 11 is 0. The fraction of sp³-hybridized carbons (Fsp3) is 0.235. The molecule has 0 saturated heterocycles. The van der Waals surface area contributed by atoms with Crippen LogP contribution < -0.4 is 0 Å². The van der Waals surface area contributed by atoms with Crippen molar-refractivity contribution >= 4 is 17.6 Å². The molecule has 0 bridgehead atoms. The smallest absolute Gasteiger partial charge is 0.307 e. The van der Waals surface area contributed by atoms with Gasteiger partial charge in [-0.15, -0.1) is 0 Å². The number of carboxylic acid groups (broad SMARTS) is 2. The summed E-state index contributed by atoms with van der Waals surface area (Å²) in [6, 6.07) is 5.87. The molecule has 1 aromatic carbocycles. The van der Waals surface area contributed by atoms with Crippen molar-refractivity contribution < 1.29 is 24.7 Å². The Balaban J connectivity index is 2.91. The van der Waals surface area contributed by atoms with Crippen LogP contribution in [0.2, 0.25) is 0 Å². The van der Waals surface area contributed by atoms with E-state index in [1.165, 1.54) is 18.2 Å². The number of pyridine rings is 1. The summed E-state index contributed by atoms with van der Waals surface area (Å²) in [6.07, 6.45) is -0.819. The van der Waals surface area contributed by atoms with E-state index in [0.29, 0.717) is 11.4 Å². The molecule has 0 radical (unpaired) electrons. The molecular weight excluding hydrogens is 328 g/mol. The first-order chi connectivity index (χ1) is 11.7. The van der Waals surface area contributed by atoms with E-state index in [0.717, 1.165) is 0 Å². The minimum atomic E-state index is -1.13. The lowest BCUT2D eigenvalue weighted by Crippen LogP contribution is -2.13. The molecule has 0 amide bonds. The lowest BCUT2D eigenvalue weighted by Gasteiger charge is -2.18. The monoisotopic (exact) mass is 344 g/mol. The van der Waals surface area contributed by atoms with Crippen molar-refractivity contribution in [2.75, 3.05) is 0 Å². The summed E-state index contributed by atoms with van der Waals surface area (Å²) in [6.45, 7) is 3.21. The average Bonchev–Trinajstić information content (AvgIpc) is 2.51. The summed E-state index contributed by atoms with van der Waals surface area (Å²) in [5.74, 6) is -2.26. The maximum Gasteiger partial charge on any atom is 0.307 e. The molecule has 0 saturated carbocycles. The highest BCUT2D eigenvalue weighted by Gasteiger charge is 2.25. The molecule has 25 heavy (non-hydrogen) atoms. The van der Waals surface area contributed by atoms with Crippen molar-refractivity contribution in [3.05, 3.63) is 56.9 Å². The van der Waals surface area contributed by atoms with Crippen LogP contribution in [0.15, 0.2) is 24.3 Å². The molecule has 0 fully saturated rings. The van der Waals surface area contributed by atoms with Gasteiger partial charge < -0.3 is 10.2 Å². The number of aliphatic carboxylic acids is 2. The summed E-state index contributed by atoms with van der Waals surface area (Å²) in [5, 5.41) is 29.8. The molecular formula is C17H16N2O6. The molecule has 0 atom stereocenters. The number of rotatable bonds is 6. The maximum atomic E-state index is 11.4. The van der Waals surface area contributed by atoms with Gasteiger partial charge in [-0.05, 0) is 36.6 Å². The zero-order chi connectivity index (χ0) is 18.7. The van der Waals surface area contributed by atoms with Crippen LogP contribution in [0.1, 0.15) is 22.5 Å². The van der Waals surface area contributed by atoms with E-state index in [4.69, 9.17) is 0 Å². The van der Waals surface area contributed by atoms with Gasteiger partial charge in [0.05, 0.1) is 23.3 Å². The van der Waals surface area contributed by atoms with Gasteiger partial charge in [0.1, 0.15) is 0 Å². The lowest BCUT2D eigenvalue weighted by atomic mass is 9.89. The molecule has 0 aliphatic carbocycles. The van der Waals surface area contributed by atoms with E-state index in [-0.39, 0.29) is 27.9 Å². The largest absolute Gasteiger partial charge is 0.481 e. The van der Waals surface area contributed by atoms with Crippen molar-refractivity contribution in [3.63, 3.8) is 0 Å². The Morgan fingerprint density at radius 2 is 1.52 bits per heavy atom. The van der Waals surface area contributed by atoms with E-state index in [9.17, 15) is 29.9 Å². The molecule has 2 rings (SSSR count). The molecule has 2 N–H and O–H groups in total. The number of hydrogen-bond donors (Lipinski definition) is 2. The Labute approximate surface area is 142 Å². The third-order valence-corrected chi connectivity index (χ3v) is 3.84. The normalized spacial score (nSPS) is 10.5. The summed E-state index contributed by atoms with van der Waals surface area (Å²) in [7, 11) is 0. The second kappa shape index (κ2) is 7.08. The molecule has 8 heteroatoms. The maximum absolute atomic E-state index is 11.4. The second-order valence-corrected chi connectivity index (χ2v) is 5.53. The van der Waals surface area contributed by atoms with E-state index in [1.54, 1.807) is 19.9 Å². The number of nitro benzene ring substituents is 1. The second-order valence-electron chi connectivity index (χ2n) is 5.53. The van der Waals surface area contributed by atoms with E-state index < -0.39 is 29.7 Å². The topological polar surface area (TPSA) is 131 Å². The number of aryl methyl sites for hydroxylation is 2. The average molecular weight is 344 g/mol. The molecule has 1 aromatic heterocycles. The predicted molar refractivity (Wildman–Crippen MR) is 88.5 cm³/mol. The number of aromatic nitrogens is 1. The van der Waals surface area contributed by atoms with Crippen LogP contribution in [0, 0.1) is 24.0 Å². The first-order valence-electron chi connectivity index (χ1n) is 7.38.